The highest BCUT2D eigenvalue weighted by Crippen LogP contribution is 2.16. The number of nitrogens with one attached hydrogen (secondary N) is 2. The van der Waals surface area contributed by atoms with Crippen LogP contribution < -0.4 is 16.4 Å². The van der Waals surface area contributed by atoms with Crippen LogP contribution in [0.3, 0.4) is 0 Å². The predicted octanol–water partition coefficient (Wildman–Crippen LogP) is 2.00. The van der Waals surface area contributed by atoms with Crippen LogP contribution in [0.5, 0.6) is 0 Å². The van der Waals surface area contributed by atoms with Gasteiger partial charge in [-0.1, -0.05) is 19.9 Å². The van der Waals surface area contributed by atoms with Crippen LogP contribution in [0, 0.1) is 11.8 Å². The lowest BCUT2D eigenvalue weighted by Gasteiger charge is -2.16. The van der Waals surface area contributed by atoms with Gasteiger partial charge in [0.25, 0.3) is 5.91 Å². The smallest absolute Gasteiger partial charge is 0.251 e. The summed E-state index contributed by atoms with van der Waals surface area (Å²) in [6.07, 6.45) is 1.33. The van der Waals surface area contributed by atoms with Crippen LogP contribution in [0.2, 0.25) is 0 Å². The molecule has 1 rings (SSSR count). The number of hydrogen-bond donors (Lipinski definition) is 3. The summed E-state index contributed by atoms with van der Waals surface area (Å²) < 4.78 is 0. The molecular formula is C16H25N3O2. The Morgan fingerprint density at radius 2 is 2.00 bits per heavy atom. The summed E-state index contributed by atoms with van der Waals surface area (Å²) >= 11 is 0. The van der Waals surface area contributed by atoms with Gasteiger partial charge in [0.2, 0.25) is 5.91 Å². The number of rotatable bonds is 7. The molecule has 1 aromatic carbocycles. The lowest BCUT2D eigenvalue weighted by Crippen LogP contribution is -2.23. The highest BCUT2D eigenvalue weighted by molar-refractivity contribution is 5.97. The minimum Gasteiger partial charge on any atom is -0.355 e. The molecule has 2 amide bonds. The van der Waals surface area contributed by atoms with E-state index in [-0.39, 0.29) is 17.7 Å². The van der Waals surface area contributed by atoms with Crippen molar-refractivity contribution in [2.24, 2.45) is 17.6 Å². The first kappa shape index (κ1) is 17.2. The molecular weight excluding hydrogens is 266 g/mol. The van der Waals surface area contributed by atoms with E-state index in [2.05, 4.69) is 24.5 Å². The zero-order valence-electron chi connectivity index (χ0n) is 13.0. The number of carbonyl (C=O) groups is 2. The number of hydrogen-bond acceptors (Lipinski definition) is 3. The maximum Gasteiger partial charge on any atom is 0.251 e. The molecule has 0 aromatic heterocycles. The largest absolute Gasteiger partial charge is 0.355 e. The number of benzene rings is 1. The van der Waals surface area contributed by atoms with E-state index in [1.54, 1.807) is 31.3 Å². The van der Waals surface area contributed by atoms with Gasteiger partial charge in [0.15, 0.2) is 0 Å². The summed E-state index contributed by atoms with van der Waals surface area (Å²) in [5.41, 5.74) is 6.86. The van der Waals surface area contributed by atoms with Crippen molar-refractivity contribution < 1.29 is 9.59 Å². The molecule has 0 fully saturated rings. The van der Waals surface area contributed by atoms with Crippen molar-refractivity contribution >= 4 is 17.5 Å². The molecule has 1 atom stereocenters. The van der Waals surface area contributed by atoms with Gasteiger partial charge in [-0.2, -0.15) is 0 Å². The van der Waals surface area contributed by atoms with Gasteiger partial charge in [-0.25, -0.2) is 0 Å². The van der Waals surface area contributed by atoms with Crippen molar-refractivity contribution in [2.45, 2.75) is 26.7 Å². The standard InChI is InChI=1S/C16H25N3O2/c1-11(2)7-12(10-17)8-15(20)19-14-6-4-5-13(9-14)16(21)18-3/h4-6,9,11-12H,7-8,10,17H2,1-3H3,(H,18,21)(H,19,20). The third kappa shape index (κ3) is 5.95. The van der Waals surface area contributed by atoms with E-state index in [0.29, 0.717) is 30.1 Å². The van der Waals surface area contributed by atoms with E-state index in [1.807, 2.05) is 0 Å². The number of carbonyl (C=O) groups excluding carboxylic acids is 2. The van der Waals surface area contributed by atoms with Crippen LogP contribution in [0.1, 0.15) is 37.0 Å². The zero-order valence-corrected chi connectivity index (χ0v) is 13.0. The molecule has 0 heterocycles. The summed E-state index contributed by atoms with van der Waals surface area (Å²) in [6.45, 7) is 4.74. The maximum absolute atomic E-state index is 12.0. The Kier molecular flexibility index (Phi) is 6.88. The third-order valence-corrected chi connectivity index (χ3v) is 3.25. The van der Waals surface area contributed by atoms with Gasteiger partial charge in [-0.15, -0.1) is 0 Å². The van der Waals surface area contributed by atoms with Gasteiger partial charge in [-0.3, -0.25) is 9.59 Å². The molecule has 1 aromatic rings. The Morgan fingerprint density at radius 3 is 2.57 bits per heavy atom. The van der Waals surface area contributed by atoms with Crippen LogP contribution in [0.15, 0.2) is 24.3 Å². The van der Waals surface area contributed by atoms with E-state index >= 15 is 0 Å². The van der Waals surface area contributed by atoms with Gasteiger partial charge < -0.3 is 16.4 Å². The van der Waals surface area contributed by atoms with E-state index < -0.39 is 0 Å². The van der Waals surface area contributed by atoms with Gasteiger partial charge in [0, 0.05) is 24.7 Å². The van der Waals surface area contributed by atoms with Crippen LogP contribution in [0.4, 0.5) is 5.69 Å². The molecule has 0 spiro atoms. The van der Waals surface area contributed by atoms with Crippen LogP contribution >= 0.6 is 0 Å². The molecule has 0 aliphatic carbocycles. The van der Waals surface area contributed by atoms with Gasteiger partial charge in [0.05, 0.1) is 0 Å². The Bertz CT molecular complexity index is 486. The molecule has 0 saturated heterocycles. The summed E-state index contributed by atoms with van der Waals surface area (Å²) in [7, 11) is 1.57. The Morgan fingerprint density at radius 1 is 1.29 bits per heavy atom. The second-order valence-corrected chi connectivity index (χ2v) is 5.64. The highest BCUT2D eigenvalue weighted by atomic mass is 16.2. The quantitative estimate of drug-likeness (QED) is 0.718. The van der Waals surface area contributed by atoms with E-state index in [4.69, 9.17) is 5.73 Å². The van der Waals surface area contributed by atoms with Crippen molar-refractivity contribution in [3.8, 4) is 0 Å². The Hall–Kier alpha value is -1.88. The average molecular weight is 291 g/mol. The van der Waals surface area contributed by atoms with Crippen LogP contribution in [-0.2, 0) is 4.79 Å². The molecule has 5 nitrogen and oxygen atoms in total. The maximum atomic E-state index is 12.0. The topological polar surface area (TPSA) is 84.2 Å². The molecule has 1 unspecified atom stereocenters. The van der Waals surface area contributed by atoms with Crippen LogP contribution in [-0.4, -0.2) is 25.4 Å². The van der Waals surface area contributed by atoms with Crippen LogP contribution in [0.25, 0.3) is 0 Å². The fraction of sp³-hybridized carbons (Fsp3) is 0.500. The molecule has 5 heteroatoms. The molecule has 0 radical (unpaired) electrons. The molecule has 0 aliphatic rings. The lowest BCUT2D eigenvalue weighted by molar-refractivity contribution is -0.117. The number of nitrogens with two attached hydrogens (primary N) is 1. The fourth-order valence-corrected chi connectivity index (χ4v) is 2.29. The summed E-state index contributed by atoms with van der Waals surface area (Å²) in [5.74, 6) is 0.459. The van der Waals surface area contributed by atoms with Crippen molar-refractivity contribution in [3.63, 3.8) is 0 Å². The van der Waals surface area contributed by atoms with Crippen molar-refractivity contribution in [2.75, 3.05) is 18.9 Å². The Labute approximate surface area is 126 Å². The summed E-state index contributed by atoms with van der Waals surface area (Å²) in [5, 5.41) is 5.38. The molecule has 4 N–H and O–H groups in total. The summed E-state index contributed by atoms with van der Waals surface area (Å²) in [4.78, 5) is 23.6. The Balaban J connectivity index is 2.64. The SMILES string of the molecule is CNC(=O)c1cccc(NC(=O)CC(CN)CC(C)C)c1. The van der Waals surface area contributed by atoms with E-state index in [1.165, 1.54) is 0 Å². The van der Waals surface area contributed by atoms with Gasteiger partial charge >= 0.3 is 0 Å². The predicted molar refractivity (Wildman–Crippen MR) is 85.1 cm³/mol. The molecule has 0 bridgehead atoms. The average Bonchev–Trinajstić information content (AvgIpc) is 2.45. The zero-order chi connectivity index (χ0) is 15.8. The second-order valence-electron chi connectivity index (χ2n) is 5.64. The van der Waals surface area contributed by atoms with Crippen molar-refractivity contribution in [1.82, 2.24) is 5.32 Å². The summed E-state index contributed by atoms with van der Waals surface area (Å²) in [6, 6.07) is 6.88. The third-order valence-electron chi connectivity index (χ3n) is 3.25. The first-order chi connectivity index (χ1) is 9.96. The molecule has 0 aliphatic heterocycles. The molecule has 0 saturated carbocycles. The lowest BCUT2D eigenvalue weighted by atomic mass is 9.94. The van der Waals surface area contributed by atoms with Crippen molar-refractivity contribution in [3.05, 3.63) is 29.8 Å². The first-order valence-electron chi connectivity index (χ1n) is 7.28. The fourth-order valence-electron chi connectivity index (χ4n) is 2.29. The first-order valence-corrected chi connectivity index (χ1v) is 7.28. The van der Waals surface area contributed by atoms with E-state index in [0.717, 1.165) is 6.42 Å². The number of anilines is 1. The van der Waals surface area contributed by atoms with Gasteiger partial charge in [0.1, 0.15) is 0 Å². The molecule has 21 heavy (non-hydrogen) atoms. The number of amides is 2. The molecule has 116 valence electrons. The normalized spacial score (nSPS) is 12.0. The minimum atomic E-state index is -0.175. The highest BCUT2D eigenvalue weighted by Gasteiger charge is 2.14. The monoisotopic (exact) mass is 291 g/mol. The second kappa shape index (κ2) is 8.42. The van der Waals surface area contributed by atoms with E-state index in [9.17, 15) is 9.59 Å². The van der Waals surface area contributed by atoms with Crippen molar-refractivity contribution in [1.29, 1.82) is 0 Å². The minimum absolute atomic E-state index is 0.0693. The van der Waals surface area contributed by atoms with Gasteiger partial charge in [-0.05, 0) is 43.0 Å².